The maximum Gasteiger partial charge on any atom is 0.407 e. The van der Waals surface area contributed by atoms with Gasteiger partial charge in [0.2, 0.25) is 0 Å². The van der Waals surface area contributed by atoms with Crippen LogP contribution in [-0.2, 0) is 11.2 Å². The van der Waals surface area contributed by atoms with Crippen LogP contribution in [0.25, 0.3) is 33.1 Å². The quantitative estimate of drug-likeness (QED) is 0.179. The molecule has 0 radical (unpaired) electrons. The maximum atomic E-state index is 17.2. The van der Waals surface area contributed by atoms with E-state index in [0.29, 0.717) is 60.7 Å². The number of anilines is 1. The van der Waals surface area contributed by atoms with Crippen LogP contribution in [-0.4, -0.2) is 86.0 Å². The van der Waals surface area contributed by atoms with Crippen LogP contribution in [0.4, 0.5) is 15.0 Å². The zero-order valence-electron chi connectivity index (χ0n) is 26.1. The Morgan fingerprint density at radius 2 is 1.94 bits per heavy atom. The van der Waals surface area contributed by atoms with Gasteiger partial charge in [-0.25, -0.2) is 13.6 Å². The van der Waals surface area contributed by atoms with E-state index in [1.165, 1.54) is 0 Å². The summed E-state index contributed by atoms with van der Waals surface area (Å²) in [6, 6.07) is 2.02. The van der Waals surface area contributed by atoms with E-state index in [1.807, 2.05) is 17.4 Å². The summed E-state index contributed by atoms with van der Waals surface area (Å²) in [4.78, 5) is 32.0. The molecule has 248 valence electrons. The van der Waals surface area contributed by atoms with E-state index in [4.69, 9.17) is 36.0 Å². The average molecular weight is 793 g/mol. The predicted molar refractivity (Wildman–Crippen MR) is 190 cm³/mol. The minimum Gasteiger partial charge on any atom is -0.461 e. The highest BCUT2D eigenvalue weighted by molar-refractivity contribution is 14.2. The van der Waals surface area contributed by atoms with Crippen LogP contribution in [0.5, 0.6) is 6.01 Å². The molecule has 1 amide bonds. The molecule has 2 unspecified atom stereocenters. The number of aromatic nitrogens is 5. The van der Waals surface area contributed by atoms with Gasteiger partial charge in [-0.1, -0.05) is 11.6 Å². The van der Waals surface area contributed by atoms with Crippen molar-refractivity contribution < 1.29 is 18.7 Å². The molecular weight excluding hydrogens is 757 g/mol. The lowest BCUT2D eigenvalue weighted by molar-refractivity contribution is 0.107. The third kappa shape index (κ3) is 5.58. The zero-order valence-corrected chi connectivity index (χ0v) is 30.0. The second kappa shape index (κ2) is 12.4. The summed E-state index contributed by atoms with van der Waals surface area (Å²) in [7, 11) is 0. The van der Waals surface area contributed by atoms with Gasteiger partial charge in [-0.3, -0.25) is 9.88 Å². The molecule has 0 saturated carbocycles. The van der Waals surface area contributed by atoms with Crippen LogP contribution < -0.4 is 15.0 Å². The highest BCUT2D eigenvalue weighted by atomic mass is 127. The summed E-state index contributed by atoms with van der Waals surface area (Å²) in [6.45, 7) is 5.93. The second-order valence-corrected chi connectivity index (χ2v) is 15.9. The maximum absolute atomic E-state index is 17.2. The van der Waals surface area contributed by atoms with Crippen LogP contribution >= 0.6 is 40.0 Å². The molecule has 5 aliphatic heterocycles. The molecule has 15 heteroatoms. The summed E-state index contributed by atoms with van der Waals surface area (Å²) in [5.74, 6) is -0.0119. The van der Waals surface area contributed by atoms with Gasteiger partial charge in [-0.05, 0) is 105 Å². The number of hydrogen-bond donors (Lipinski definition) is 1. The second-order valence-electron chi connectivity index (χ2n) is 13.5. The Balaban J connectivity index is 1.32. The van der Waals surface area contributed by atoms with Crippen LogP contribution in [0.1, 0.15) is 57.4 Å². The fourth-order valence-corrected chi connectivity index (χ4v) is 9.96. The van der Waals surface area contributed by atoms with E-state index in [2.05, 4.69) is 42.3 Å². The number of carbonyl (C=O) groups is 1. The number of alkyl carbamates (subject to hydrolysis) is 1. The van der Waals surface area contributed by atoms with Gasteiger partial charge in [0.15, 0.2) is 5.82 Å². The molecular formula is C32H36ClFIN8O3P. The Kier molecular flexibility index (Phi) is 8.33. The third-order valence-electron chi connectivity index (χ3n) is 10.4. The lowest BCUT2D eigenvalue weighted by Crippen LogP contribution is -2.57. The number of benzene rings is 1. The van der Waals surface area contributed by atoms with Crippen molar-refractivity contribution in [1.29, 1.82) is 0 Å². The van der Waals surface area contributed by atoms with Gasteiger partial charge in [-0.2, -0.15) is 15.1 Å². The van der Waals surface area contributed by atoms with Crippen molar-refractivity contribution in [2.45, 2.75) is 69.4 Å². The van der Waals surface area contributed by atoms with E-state index in [1.54, 1.807) is 12.4 Å². The summed E-state index contributed by atoms with van der Waals surface area (Å²) in [5.41, 5.74) is 1.79. The van der Waals surface area contributed by atoms with Crippen molar-refractivity contribution >= 4 is 73.7 Å². The number of rotatable bonds is 4. The van der Waals surface area contributed by atoms with Crippen molar-refractivity contribution in [2.75, 3.05) is 44.3 Å². The molecule has 2 atom stereocenters. The third-order valence-corrected chi connectivity index (χ3v) is 12.6. The fraction of sp³-hybridized carbons (Fsp3) is 0.531. The van der Waals surface area contributed by atoms with Crippen molar-refractivity contribution in [3.63, 3.8) is 0 Å². The number of amides is 1. The molecule has 3 saturated heterocycles. The standard InChI is InChI=1S/C32H36ClFIN8O3P/c1-31-7-3-10-41(17-31)28-21-15-36-27(25(34)26(21)38-29(39-28)46-18-32-8-4-11-42(32)12-5-9-32)24-19(6-2-13-45-30(44)40-31)22(33)14-23-20(24)16-37-43(23)47-35/h14-16,47H,2-13,17-18H2,1H3,(H,40,44). The topological polar surface area (TPSA) is 111 Å². The van der Waals surface area contributed by atoms with E-state index in [0.717, 1.165) is 68.1 Å². The molecule has 6 bridgehead atoms. The molecule has 3 aromatic heterocycles. The smallest absolute Gasteiger partial charge is 0.407 e. The number of nitrogens with zero attached hydrogens (tertiary/aromatic N) is 7. The largest absolute Gasteiger partial charge is 0.461 e. The number of piperidine rings is 1. The number of halogens is 3. The van der Waals surface area contributed by atoms with E-state index >= 15 is 4.39 Å². The van der Waals surface area contributed by atoms with Gasteiger partial charge in [-0.15, -0.1) is 0 Å². The SMILES string of the molecule is CC12CCCN(C1)c1nc(OCC34CCCN3CCC4)nc3c(F)c(ncc13)-c1c(c(Cl)cc3c1cnn3PI)CCCOC(=O)N2. The van der Waals surface area contributed by atoms with Gasteiger partial charge in [0.1, 0.15) is 23.6 Å². The van der Waals surface area contributed by atoms with Crippen LogP contribution in [0, 0.1) is 5.82 Å². The van der Waals surface area contributed by atoms with E-state index in [-0.39, 0.29) is 29.4 Å². The van der Waals surface area contributed by atoms with Gasteiger partial charge in [0, 0.05) is 35.3 Å². The summed E-state index contributed by atoms with van der Waals surface area (Å²) in [6.07, 6.45) is 10.2. The monoisotopic (exact) mass is 792 g/mol. The van der Waals surface area contributed by atoms with E-state index in [9.17, 15) is 4.79 Å². The van der Waals surface area contributed by atoms with Crippen molar-refractivity contribution in [3.05, 3.63) is 34.9 Å². The van der Waals surface area contributed by atoms with Crippen molar-refractivity contribution in [1.82, 2.24) is 34.7 Å². The highest BCUT2D eigenvalue weighted by Crippen LogP contribution is 2.43. The average Bonchev–Trinajstić information content (AvgIpc) is 3.76. The molecule has 47 heavy (non-hydrogen) atoms. The molecule has 1 N–H and O–H groups in total. The Hall–Kier alpha value is -2.61. The molecule has 0 aliphatic carbocycles. The zero-order chi connectivity index (χ0) is 32.3. The van der Waals surface area contributed by atoms with Crippen molar-refractivity contribution in [2.24, 2.45) is 0 Å². The van der Waals surface area contributed by atoms with Crippen molar-refractivity contribution in [3.8, 4) is 17.3 Å². The molecule has 1 aromatic carbocycles. The Labute approximate surface area is 291 Å². The number of nitrogens with one attached hydrogen (secondary N) is 1. The number of fused-ring (bicyclic) bond motifs is 8. The Morgan fingerprint density at radius 1 is 1.13 bits per heavy atom. The summed E-state index contributed by atoms with van der Waals surface area (Å²) < 4.78 is 31.1. The van der Waals surface area contributed by atoms with Crippen LogP contribution in [0.3, 0.4) is 0 Å². The van der Waals surface area contributed by atoms with Gasteiger partial charge in [0.25, 0.3) is 0 Å². The lowest BCUT2D eigenvalue weighted by atomic mass is 9.91. The fourth-order valence-electron chi connectivity index (χ4n) is 8.14. The number of pyridine rings is 1. The normalized spacial score (nSPS) is 23.1. The first-order valence-corrected chi connectivity index (χ1v) is 20.7. The van der Waals surface area contributed by atoms with Crippen LogP contribution in [0.2, 0.25) is 5.02 Å². The van der Waals surface area contributed by atoms with Gasteiger partial charge < -0.3 is 19.7 Å². The first-order chi connectivity index (χ1) is 22.8. The molecule has 9 rings (SSSR count). The van der Waals surface area contributed by atoms with E-state index < -0.39 is 17.4 Å². The van der Waals surface area contributed by atoms with Gasteiger partial charge >= 0.3 is 12.1 Å². The summed E-state index contributed by atoms with van der Waals surface area (Å²) >= 11 is 9.19. The molecule has 4 aromatic rings. The van der Waals surface area contributed by atoms with Gasteiger partial charge in [0.05, 0.1) is 41.2 Å². The first kappa shape index (κ1) is 31.6. The molecule has 11 nitrogen and oxygen atoms in total. The first-order valence-electron chi connectivity index (χ1n) is 16.3. The Bertz CT molecular complexity index is 1890. The molecule has 8 heterocycles. The minimum absolute atomic E-state index is 0.0249. The Morgan fingerprint density at radius 3 is 2.74 bits per heavy atom. The lowest BCUT2D eigenvalue weighted by Gasteiger charge is -2.41. The number of ether oxygens (including phenoxy) is 2. The minimum atomic E-state index is -0.579. The molecule has 0 spiro atoms. The number of carbonyl (C=O) groups excluding carboxylic acids is 1. The number of hydrogen-bond acceptors (Lipinski definition) is 9. The van der Waals surface area contributed by atoms with Crippen LogP contribution in [0.15, 0.2) is 18.5 Å². The molecule has 5 aliphatic rings. The molecule has 3 fully saturated rings. The summed E-state index contributed by atoms with van der Waals surface area (Å²) in [5, 5.41) is 9.38. The predicted octanol–water partition coefficient (Wildman–Crippen LogP) is 6.66. The highest BCUT2D eigenvalue weighted by Gasteiger charge is 2.45.